The summed E-state index contributed by atoms with van der Waals surface area (Å²) in [6, 6.07) is 21.5. The van der Waals surface area contributed by atoms with Crippen molar-refractivity contribution in [3.8, 4) is 0 Å². The molecule has 0 saturated heterocycles. The molecule has 0 radical (unpaired) electrons. The van der Waals surface area contributed by atoms with E-state index in [1.165, 1.54) is 18.2 Å². The van der Waals surface area contributed by atoms with Crippen molar-refractivity contribution in [1.29, 1.82) is 0 Å². The van der Waals surface area contributed by atoms with E-state index in [1.54, 1.807) is 13.8 Å². The van der Waals surface area contributed by atoms with Crippen molar-refractivity contribution >= 4 is 27.5 Å². The van der Waals surface area contributed by atoms with Crippen LogP contribution in [-0.2, 0) is 34.5 Å². The maximum absolute atomic E-state index is 12.7. The van der Waals surface area contributed by atoms with Crippen LogP contribution in [0.1, 0.15) is 40.9 Å². The molecule has 3 aromatic rings. The molecule has 0 heterocycles. The molecule has 0 saturated carbocycles. The lowest BCUT2D eigenvalue weighted by Crippen LogP contribution is -2.30. The second kappa shape index (κ2) is 11.4. The van der Waals surface area contributed by atoms with Gasteiger partial charge in [0.15, 0.2) is 0 Å². The molecule has 0 spiro atoms. The molecule has 3 rings (SSSR count). The lowest BCUT2D eigenvalue weighted by Gasteiger charge is -2.12. The fourth-order valence-electron chi connectivity index (χ4n) is 3.19. The largest absolute Gasteiger partial charge is 0.372 e. The van der Waals surface area contributed by atoms with Gasteiger partial charge in [-0.2, -0.15) is 0 Å². The quantitative estimate of drug-likeness (QED) is 0.436. The van der Waals surface area contributed by atoms with Crippen molar-refractivity contribution in [3.05, 3.63) is 100 Å². The molecule has 0 aromatic heterocycles. The molecule has 6 nitrogen and oxygen atoms in total. The van der Waals surface area contributed by atoms with E-state index in [-0.39, 0.29) is 28.1 Å². The Morgan fingerprint density at radius 3 is 2.30 bits per heavy atom. The van der Waals surface area contributed by atoms with Gasteiger partial charge in [0.25, 0.3) is 5.91 Å². The van der Waals surface area contributed by atoms with Crippen LogP contribution in [0.5, 0.6) is 0 Å². The van der Waals surface area contributed by atoms with Gasteiger partial charge in [0.1, 0.15) is 0 Å². The number of hydrogen-bond donors (Lipinski definition) is 2. The Morgan fingerprint density at radius 1 is 0.909 bits per heavy atom. The molecule has 3 aromatic carbocycles. The Morgan fingerprint density at radius 2 is 1.58 bits per heavy atom. The van der Waals surface area contributed by atoms with Crippen LogP contribution in [0.4, 0.5) is 0 Å². The summed E-state index contributed by atoms with van der Waals surface area (Å²) in [5.41, 5.74) is 3.09. The summed E-state index contributed by atoms with van der Waals surface area (Å²) in [6.07, 6.45) is 0. The number of hydrogen-bond acceptors (Lipinski definition) is 4. The number of carbonyl (C=O) groups excluding carboxylic acids is 1. The Bertz CT molecular complexity index is 1200. The van der Waals surface area contributed by atoms with Crippen molar-refractivity contribution in [3.63, 3.8) is 0 Å². The van der Waals surface area contributed by atoms with Crippen molar-refractivity contribution in [2.24, 2.45) is 0 Å². The van der Waals surface area contributed by atoms with Gasteiger partial charge in [-0.3, -0.25) is 4.79 Å². The minimum Gasteiger partial charge on any atom is -0.372 e. The van der Waals surface area contributed by atoms with Crippen LogP contribution in [0.3, 0.4) is 0 Å². The van der Waals surface area contributed by atoms with E-state index in [9.17, 15) is 13.2 Å². The summed E-state index contributed by atoms with van der Waals surface area (Å²) in [6.45, 7) is 4.68. The first kappa shape index (κ1) is 24.9. The molecule has 0 atom stereocenters. The molecule has 2 N–H and O–H groups in total. The number of sulfonamides is 1. The number of amides is 1. The van der Waals surface area contributed by atoms with E-state index >= 15 is 0 Å². The van der Waals surface area contributed by atoms with Gasteiger partial charge < -0.3 is 10.1 Å². The summed E-state index contributed by atoms with van der Waals surface area (Å²) in [4.78, 5) is 12.7. The highest BCUT2D eigenvalue weighted by molar-refractivity contribution is 7.89. The van der Waals surface area contributed by atoms with E-state index < -0.39 is 15.9 Å². The number of ether oxygens (including phenoxy) is 1. The van der Waals surface area contributed by atoms with Crippen LogP contribution < -0.4 is 10.0 Å². The Hall–Kier alpha value is -2.71. The lowest BCUT2D eigenvalue weighted by atomic mass is 10.1. The maximum Gasteiger partial charge on any atom is 0.253 e. The average Bonchev–Trinajstić information content (AvgIpc) is 2.78. The van der Waals surface area contributed by atoms with E-state index in [1.807, 2.05) is 54.6 Å². The monoisotopic (exact) mass is 486 g/mol. The highest BCUT2D eigenvalue weighted by Crippen LogP contribution is 2.21. The van der Waals surface area contributed by atoms with E-state index in [4.69, 9.17) is 16.3 Å². The van der Waals surface area contributed by atoms with Crippen LogP contribution >= 0.6 is 11.6 Å². The first-order valence-corrected chi connectivity index (χ1v) is 12.4. The summed E-state index contributed by atoms with van der Waals surface area (Å²) in [5.74, 6) is -0.452. The number of rotatable bonds is 10. The Labute approximate surface area is 200 Å². The van der Waals surface area contributed by atoms with Crippen LogP contribution in [0.25, 0.3) is 0 Å². The molecule has 0 aliphatic heterocycles. The molecular weight excluding hydrogens is 460 g/mol. The van der Waals surface area contributed by atoms with E-state index in [0.29, 0.717) is 13.2 Å². The number of carbonyl (C=O) groups is 1. The number of halogens is 1. The minimum absolute atomic E-state index is 0.0108. The topological polar surface area (TPSA) is 84.5 Å². The molecule has 0 fully saturated rings. The van der Waals surface area contributed by atoms with Gasteiger partial charge >= 0.3 is 0 Å². The highest BCUT2D eigenvalue weighted by atomic mass is 35.5. The molecule has 174 valence electrons. The highest BCUT2D eigenvalue weighted by Gasteiger charge is 2.19. The molecule has 0 aliphatic carbocycles. The van der Waals surface area contributed by atoms with Crippen molar-refractivity contribution in [2.45, 2.75) is 44.5 Å². The first-order valence-electron chi connectivity index (χ1n) is 10.5. The van der Waals surface area contributed by atoms with Crippen molar-refractivity contribution in [2.75, 3.05) is 0 Å². The minimum atomic E-state index is -3.74. The third-order valence-corrected chi connectivity index (χ3v) is 6.69. The van der Waals surface area contributed by atoms with Crippen LogP contribution in [0, 0.1) is 0 Å². The third kappa shape index (κ3) is 7.40. The van der Waals surface area contributed by atoms with Crippen LogP contribution in [0.15, 0.2) is 77.7 Å². The third-order valence-electron chi connectivity index (χ3n) is 4.71. The predicted octanol–water partition coefficient (Wildman–Crippen LogP) is 4.67. The zero-order valence-corrected chi connectivity index (χ0v) is 20.1. The lowest BCUT2D eigenvalue weighted by molar-refractivity contribution is 0.0950. The van der Waals surface area contributed by atoms with Crippen LogP contribution in [-0.4, -0.2) is 20.4 Å². The first-order chi connectivity index (χ1) is 15.7. The molecule has 1 amide bonds. The van der Waals surface area contributed by atoms with Crippen molar-refractivity contribution < 1.29 is 17.9 Å². The summed E-state index contributed by atoms with van der Waals surface area (Å²) in [5, 5.41) is 2.98. The fraction of sp³-hybridized carbons (Fsp3) is 0.240. The fourth-order valence-corrected chi connectivity index (χ4v) is 4.67. The standard InChI is InChI=1S/C25H27ClN2O4S/c1-18(2)28-33(30,31)22-11-12-24(26)23(14-22)25(29)27-15-20-9-6-10-21(13-20)17-32-16-19-7-4-3-5-8-19/h3-14,18,28H,15-17H2,1-2H3,(H,27,29). The summed E-state index contributed by atoms with van der Waals surface area (Å²) < 4.78 is 33.1. The SMILES string of the molecule is CC(C)NS(=O)(=O)c1ccc(Cl)c(C(=O)NCc2cccc(COCc3ccccc3)c2)c1. The molecule has 0 bridgehead atoms. The average molecular weight is 487 g/mol. The summed E-state index contributed by atoms with van der Waals surface area (Å²) >= 11 is 6.17. The second-order valence-corrected chi connectivity index (χ2v) is 10.0. The summed E-state index contributed by atoms with van der Waals surface area (Å²) in [7, 11) is -3.74. The Kier molecular flexibility index (Phi) is 8.63. The number of nitrogens with one attached hydrogen (secondary N) is 2. The van der Waals surface area contributed by atoms with E-state index in [2.05, 4.69) is 10.0 Å². The van der Waals surface area contributed by atoms with Gasteiger partial charge in [-0.25, -0.2) is 13.1 Å². The van der Waals surface area contributed by atoms with Gasteiger partial charge in [-0.15, -0.1) is 0 Å². The molecule has 8 heteroatoms. The normalized spacial score (nSPS) is 11.5. The van der Waals surface area contributed by atoms with Gasteiger partial charge in [-0.1, -0.05) is 66.2 Å². The number of benzene rings is 3. The molecule has 33 heavy (non-hydrogen) atoms. The zero-order valence-electron chi connectivity index (χ0n) is 18.5. The zero-order chi connectivity index (χ0) is 23.8. The smallest absolute Gasteiger partial charge is 0.253 e. The molecule has 0 unspecified atom stereocenters. The van der Waals surface area contributed by atoms with Gasteiger partial charge in [0, 0.05) is 12.6 Å². The Balaban J connectivity index is 1.61. The van der Waals surface area contributed by atoms with Crippen molar-refractivity contribution in [1.82, 2.24) is 10.0 Å². The second-order valence-electron chi connectivity index (χ2n) is 7.90. The molecular formula is C25H27ClN2O4S. The van der Waals surface area contributed by atoms with Gasteiger partial charge in [0.05, 0.1) is 28.7 Å². The predicted molar refractivity (Wildman–Crippen MR) is 129 cm³/mol. The van der Waals surface area contributed by atoms with Gasteiger partial charge in [0.2, 0.25) is 10.0 Å². The van der Waals surface area contributed by atoms with E-state index in [0.717, 1.165) is 16.7 Å². The van der Waals surface area contributed by atoms with Gasteiger partial charge in [-0.05, 0) is 48.7 Å². The molecule has 0 aliphatic rings. The maximum atomic E-state index is 12.7. The van der Waals surface area contributed by atoms with Crippen LogP contribution in [0.2, 0.25) is 5.02 Å².